The number of carbonyl (C=O) groups is 2. The molecule has 0 amide bonds. The molecule has 5 N–H and O–H groups in total. The Hall–Kier alpha value is -1.61. The van der Waals surface area contributed by atoms with Crippen molar-refractivity contribution in [3.05, 3.63) is 5.82 Å². The number of fused-ring (bicyclic) bond motifs is 1. The zero-order chi connectivity index (χ0) is 16.2. The largest absolute Gasteiger partial charge is 0.481 e. The van der Waals surface area contributed by atoms with Gasteiger partial charge in [-0.1, -0.05) is 25.6 Å². The summed E-state index contributed by atoms with van der Waals surface area (Å²) in [5, 5.41) is 25.9. The highest BCUT2D eigenvalue weighted by molar-refractivity contribution is 7.99. The number of aromatic nitrogens is 3. The van der Waals surface area contributed by atoms with Crippen LogP contribution in [0.2, 0.25) is 0 Å². The SMILES string of the molecule is CC(C)c1nc(S[C@H]2C[C@@](N)(C(=O)O)[C@@H]3[C@@H](C(=O)O)[C@@H]32)n[nH]1. The molecule has 1 aromatic heterocycles. The molecule has 2 fully saturated rings. The lowest BCUT2D eigenvalue weighted by molar-refractivity contribution is -0.145. The Kier molecular flexibility index (Phi) is 3.44. The van der Waals surface area contributed by atoms with Crippen molar-refractivity contribution in [2.24, 2.45) is 23.5 Å². The smallest absolute Gasteiger partial charge is 0.324 e. The minimum Gasteiger partial charge on any atom is -0.481 e. The van der Waals surface area contributed by atoms with Crippen LogP contribution in [-0.4, -0.2) is 48.1 Å². The number of hydrogen-bond donors (Lipinski definition) is 4. The fourth-order valence-corrected chi connectivity index (χ4v) is 4.81. The second kappa shape index (κ2) is 4.95. The molecule has 9 heteroatoms. The van der Waals surface area contributed by atoms with E-state index < -0.39 is 29.3 Å². The van der Waals surface area contributed by atoms with Crippen LogP contribution in [0.3, 0.4) is 0 Å². The van der Waals surface area contributed by atoms with Crippen molar-refractivity contribution in [2.45, 2.75) is 42.1 Å². The third-order valence-electron chi connectivity index (χ3n) is 4.61. The molecular formula is C13H18N4O4S. The molecule has 1 aromatic rings. The highest BCUT2D eigenvalue weighted by Gasteiger charge is 2.74. The molecular weight excluding hydrogens is 308 g/mol. The topological polar surface area (TPSA) is 142 Å². The number of carboxylic acid groups (broad SMARTS) is 2. The molecule has 22 heavy (non-hydrogen) atoms. The standard InChI is InChI=1S/C13H18N4O4S/c1-4(2)9-15-12(17-16-9)22-5-3-13(14,11(20)21)8-6(5)7(8)10(18)19/h4-8H,3,14H2,1-2H3,(H,18,19)(H,20,21)(H,15,16,17)/t5-,6-,7-,8-,13-/m0/s1. The van der Waals surface area contributed by atoms with Crippen LogP contribution in [0, 0.1) is 17.8 Å². The molecule has 0 spiro atoms. The molecule has 120 valence electrons. The van der Waals surface area contributed by atoms with E-state index in [1.54, 1.807) is 0 Å². The second-order valence-electron chi connectivity index (χ2n) is 6.33. The molecule has 1 heterocycles. The maximum absolute atomic E-state index is 11.5. The molecule has 2 aliphatic carbocycles. The van der Waals surface area contributed by atoms with Crippen molar-refractivity contribution in [1.82, 2.24) is 15.2 Å². The quantitative estimate of drug-likeness (QED) is 0.613. The monoisotopic (exact) mass is 326 g/mol. The minimum absolute atomic E-state index is 0.192. The van der Waals surface area contributed by atoms with E-state index in [0.717, 1.165) is 5.82 Å². The van der Waals surface area contributed by atoms with Gasteiger partial charge in [-0.25, -0.2) is 4.98 Å². The van der Waals surface area contributed by atoms with Crippen molar-refractivity contribution in [3.8, 4) is 0 Å². The number of aliphatic carboxylic acids is 2. The van der Waals surface area contributed by atoms with Gasteiger partial charge in [-0.15, -0.1) is 5.10 Å². The van der Waals surface area contributed by atoms with E-state index in [-0.39, 0.29) is 23.5 Å². The van der Waals surface area contributed by atoms with E-state index in [0.29, 0.717) is 5.16 Å². The summed E-state index contributed by atoms with van der Waals surface area (Å²) < 4.78 is 0. The Bertz CT molecular complexity index is 633. The van der Waals surface area contributed by atoms with Gasteiger partial charge in [0.25, 0.3) is 0 Å². The lowest BCUT2D eigenvalue weighted by Crippen LogP contribution is -2.50. The predicted octanol–water partition coefficient (Wildman–Crippen LogP) is 0.521. The van der Waals surface area contributed by atoms with Crippen molar-refractivity contribution in [3.63, 3.8) is 0 Å². The summed E-state index contributed by atoms with van der Waals surface area (Å²) in [6.07, 6.45) is 0.234. The molecule has 8 nitrogen and oxygen atoms in total. The highest BCUT2D eigenvalue weighted by atomic mass is 32.2. The number of hydrogen-bond acceptors (Lipinski definition) is 6. The van der Waals surface area contributed by atoms with E-state index >= 15 is 0 Å². The summed E-state index contributed by atoms with van der Waals surface area (Å²) in [5.41, 5.74) is 4.52. The van der Waals surface area contributed by atoms with E-state index in [9.17, 15) is 19.8 Å². The first kappa shape index (κ1) is 15.3. The lowest BCUT2D eigenvalue weighted by atomic mass is 9.91. The van der Waals surface area contributed by atoms with Crippen LogP contribution in [0.5, 0.6) is 0 Å². The Labute approximate surface area is 130 Å². The van der Waals surface area contributed by atoms with Gasteiger partial charge in [0.2, 0.25) is 5.16 Å². The van der Waals surface area contributed by atoms with E-state index in [1.807, 2.05) is 13.8 Å². The Morgan fingerprint density at radius 3 is 2.64 bits per heavy atom. The van der Waals surface area contributed by atoms with Crippen LogP contribution < -0.4 is 5.73 Å². The summed E-state index contributed by atoms with van der Waals surface area (Å²) >= 11 is 1.32. The third kappa shape index (κ3) is 2.19. The summed E-state index contributed by atoms with van der Waals surface area (Å²) in [5.74, 6) is -2.58. The van der Waals surface area contributed by atoms with Crippen LogP contribution in [0.4, 0.5) is 0 Å². The number of carboxylic acids is 2. The molecule has 0 aliphatic heterocycles. The van der Waals surface area contributed by atoms with Gasteiger partial charge in [0, 0.05) is 17.1 Å². The number of nitrogens with zero attached hydrogens (tertiary/aromatic N) is 2. The molecule has 0 radical (unpaired) electrons. The van der Waals surface area contributed by atoms with E-state index in [1.165, 1.54) is 11.8 Å². The normalized spacial score (nSPS) is 36.4. The molecule has 5 atom stereocenters. The first-order chi connectivity index (χ1) is 10.3. The molecule has 2 saturated carbocycles. The number of H-pyrrole nitrogens is 1. The Morgan fingerprint density at radius 2 is 2.14 bits per heavy atom. The maximum Gasteiger partial charge on any atom is 0.324 e. The van der Waals surface area contributed by atoms with Gasteiger partial charge in [0.15, 0.2) is 0 Å². The third-order valence-corrected chi connectivity index (χ3v) is 5.78. The summed E-state index contributed by atoms with van der Waals surface area (Å²) in [4.78, 5) is 27.1. The van der Waals surface area contributed by atoms with Gasteiger partial charge in [0.05, 0.1) is 5.92 Å². The molecule has 0 bridgehead atoms. The molecule has 0 aromatic carbocycles. The fourth-order valence-electron chi connectivity index (χ4n) is 3.44. The van der Waals surface area contributed by atoms with Crippen LogP contribution >= 0.6 is 11.8 Å². The molecule has 0 unspecified atom stereocenters. The van der Waals surface area contributed by atoms with Crippen LogP contribution in [0.15, 0.2) is 5.16 Å². The van der Waals surface area contributed by atoms with Gasteiger partial charge < -0.3 is 15.9 Å². The second-order valence-corrected chi connectivity index (χ2v) is 7.54. The van der Waals surface area contributed by atoms with E-state index in [4.69, 9.17) is 5.73 Å². The van der Waals surface area contributed by atoms with Gasteiger partial charge in [-0.2, -0.15) is 0 Å². The number of thioether (sulfide) groups is 1. The Morgan fingerprint density at radius 1 is 1.45 bits per heavy atom. The lowest BCUT2D eigenvalue weighted by Gasteiger charge is -2.23. The van der Waals surface area contributed by atoms with Crippen LogP contribution in [0.25, 0.3) is 0 Å². The fraction of sp³-hybridized carbons (Fsp3) is 0.692. The number of rotatable bonds is 5. The Balaban J connectivity index is 1.79. The zero-order valence-electron chi connectivity index (χ0n) is 12.2. The van der Waals surface area contributed by atoms with E-state index in [2.05, 4.69) is 15.2 Å². The summed E-state index contributed by atoms with van der Waals surface area (Å²) in [6, 6.07) is 0. The zero-order valence-corrected chi connectivity index (χ0v) is 13.0. The first-order valence-corrected chi connectivity index (χ1v) is 7.97. The molecule has 3 rings (SSSR count). The van der Waals surface area contributed by atoms with Crippen molar-refractivity contribution in [2.75, 3.05) is 0 Å². The van der Waals surface area contributed by atoms with Crippen molar-refractivity contribution >= 4 is 23.7 Å². The van der Waals surface area contributed by atoms with Gasteiger partial charge in [0.1, 0.15) is 11.4 Å². The van der Waals surface area contributed by atoms with Crippen molar-refractivity contribution in [1.29, 1.82) is 0 Å². The average molecular weight is 326 g/mol. The molecule has 2 aliphatic rings. The van der Waals surface area contributed by atoms with Gasteiger partial charge in [-0.3, -0.25) is 14.7 Å². The minimum atomic E-state index is -1.47. The van der Waals surface area contributed by atoms with Gasteiger partial charge >= 0.3 is 11.9 Å². The highest BCUT2D eigenvalue weighted by Crippen LogP contribution is 2.65. The number of nitrogens with one attached hydrogen (secondary N) is 1. The van der Waals surface area contributed by atoms with Gasteiger partial charge in [-0.05, 0) is 12.3 Å². The number of aromatic amines is 1. The number of nitrogens with two attached hydrogens (primary N) is 1. The van der Waals surface area contributed by atoms with Crippen LogP contribution in [0.1, 0.15) is 32.0 Å². The summed E-state index contributed by atoms with van der Waals surface area (Å²) in [6.45, 7) is 3.97. The maximum atomic E-state index is 11.5. The predicted molar refractivity (Wildman–Crippen MR) is 77.4 cm³/mol. The van der Waals surface area contributed by atoms with Crippen LogP contribution in [-0.2, 0) is 9.59 Å². The molecule has 0 saturated heterocycles. The first-order valence-electron chi connectivity index (χ1n) is 7.09. The average Bonchev–Trinajstić information content (AvgIpc) is 2.90. The summed E-state index contributed by atoms with van der Waals surface area (Å²) in [7, 11) is 0. The van der Waals surface area contributed by atoms with Crippen molar-refractivity contribution < 1.29 is 19.8 Å².